The molecule has 40 heavy (non-hydrogen) atoms. The van der Waals surface area contributed by atoms with E-state index in [-0.39, 0.29) is 25.6 Å². The fraction of sp³-hybridized carbons (Fsp3) is 0.967. The van der Waals surface area contributed by atoms with Crippen molar-refractivity contribution in [2.45, 2.75) is 154 Å². The van der Waals surface area contributed by atoms with Gasteiger partial charge in [-0.15, -0.1) is 0 Å². The normalized spacial score (nSPS) is 14.6. The number of carbonyl (C=O) groups excluding carboxylic acids is 1. The van der Waals surface area contributed by atoms with Crippen molar-refractivity contribution >= 4 is 13.8 Å². The van der Waals surface area contributed by atoms with Crippen molar-refractivity contribution in [1.29, 1.82) is 0 Å². The zero-order valence-corrected chi connectivity index (χ0v) is 26.5. The SMILES string of the molecule is CCCCCCCCCCCCCOCC(COP(=O)(O)OCC(O)CO)OC(=O)CCCCCCCCCC. The fourth-order valence-corrected chi connectivity index (χ4v) is 5.08. The van der Waals surface area contributed by atoms with Gasteiger partial charge in [0.2, 0.25) is 0 Å². The Bertz CT molecular complexity index is 606. The van der Waals surface area contributed by atoms with Crippen molar-refractivity contribution in [3.63, 3.8) is 0 Å². The van der Waals surface area contributed by atoms with E-state index < -0.39 is 33.2 Å². The molecule has 0 saturated heterocycles. The highest BCUT2D eigenvalue weighted by Gasteiger charge is 2.26. The third-order valence-corrected chi connectivity index (χ3v) is 7.74. The molecule has 0 amide bonds. The minimum Gasteiger partial charge on any atom is -0.457 e. The molecular formula is C30H61O9P. The number of rotatable bonds is 31. The van der Waals surface area contributed by atoms with Crippen molar-refractivity contribution in [1.82, 2.24) is 0 Å². The number of hydrogen-bond acceptors (Lipinski definition) is 8. The van der Waals surface area contributed by atoms with E-state index in [2.05, 4.69) is 18.4 Å². The molecule has 3 unspecified atom stereocenters. The molecule has 0 aromatic carbocycles. The van der Waals surface area contributed by atoms with Crippen LogP contribution in [0.5, 0.6) is 0 Å². The first-order chi connectivity index (χ1) is 19.3. The molecule has 0 rings (SSSR count). The number of unbranched alkanes of at least 4 members (excludes halogenated alkanes) is 17. The number of phosphoric acid groups is 1. The number of carbonyl (C=O) groups is 1. The third kappa shape index (κ3) is 27.6. The smallest absolute Gasteiger partial charge is 0.457 e. The summed E-state index contributed by atoms with van der Waals surface area (Å²) in [5, 5.41) is 18.2. The Balaban J connectivity index is 4.28. The maximum Gasteiger partial charge on any atom is 0.472 e. The van der Waals surface area contributed by atoms with Crippen LogP contribution in [0.1, 0.15) is 142 Å². The van der Waals surface area contributed by atoms with Gasteiger partial charge in [-0.2, -0.15) is 0 Å². The number of aliphatic hydroxyl groups excluding tert-OH is 2. The quantitative estimate of drug-likeness (QED) is 0.0430. The molecule has 0 aromatic rings. The van der Waals surface area contributed by atoms with Gasteiger partial charge >= 0.3 is 13.8 Å². The molecular weight excluding hydrogens is 535 g/mol. The van der Waals surface area contributed by atoms with Crippen LogP contribution < -0.4 is 0 Å². The van der Waals surface area contributed by atoms with E-state index in [9.17, 15) is 19.4 Å². The zero-order chi connectivity index (χ0) is 29.7. The summed E-state index contributed by atoms with van der Waals surface area (Å²) < 4.78 is 33.0. The number of aliphatic hydroxyl groups is 2. The van der Waals surface area contributed by atoms with E-state index in [4.69, 9.17) is 19.1 Å². The monoisotopic (exact) mass is 596 g/mol. The number of ether oxygens (including phenoxy) is 2. The van der Waals surface area contributed by atoms with Crippen LogP contribution in [-0.2, 0) is 27.9 Å². The van der Waals surface area contributed by atoms with Crippen LogP contribution in [0, 0.1) is 0 Å². The van der Waals surface area contributed by atoms with E-state index in [1.165, 1.54) is 89.9 Å². The number of esters is 1. The molecule has 0 fully saturated rings. The second-order valence-corrected chi connectivity index (χ2v) is 12.3. The molecule has 0 aliphatic rings. The molecule has 0 saturated carbocycles. The first kappa shape index (κ1) is 39.5. The average molecular weight is 597 g/mol. The average Bonchev–Trinajstić information content (AvgIpc) is 2.94. The van der Waals surface area contributed by atoms with E-state index in [1.54, 1.807) is 0 Å². The van der Waals surface area contributed by atoms with Gasteiger partial charge < -0.3 is 24.6 Å². The maximum absolute atomic E-state index is 12.4. The second kappa shape index (κ2) is 28.6. The third-order valence-electron chi connectivity index (χ3n) is 6.79. The molecule has 3 N–H and O–H groups in total. The summed E-state index contributed by atoms with van der Waals surface area (Å²) in [5.74, 6) is -0.387. The highest BCUT2D eigenvalue weighted by Crippen LogP contribution is 2.43. The minimum absolute atomic E-state index is 0.0557. The Morgan fingerprint density at radius 2 is 1.12 bits per heavy atom. The lowest BCUT2D eigenvalue weighted by Crippen LogP contribution is -2.29. The lowest BCUT2D eigenvalue weighted by Gasteiger charge is -2.20. The van der Waals surface area contributed by atoms with E-state index in [0.29, 0.717) is 6.61 Å². The standard InChI is InChI=1S/C30H61O9P/c1-3-5-7-9-11-13-14-15-17-19-21-23-36-26-29(27-38-40(34,35)37-25-28(32)24-31)39-30(33)22-20-18-16-12-10-8-6-4-2/h28-29,31-32H,3-27H2,1-2H3,(H,34,35). The molecule has 0 aliphatic heterocycles. The summed E-state index contributed by atoms with van der Waals surface area (Å²) in [6.45, 7) is 3.47. The summed E-state index contributed by atoms with van der Waals surface area (Å²) >= 11 is 0. The zero-order valence-electron chi connectivity index (χ0n) is 25.6. The van der Waals surface area contributed by atoms with E-state index >= 15 is 0 Å². The predicted molar refractivity (Wildman–Crippen MR) is 159 cm³/mol. The molecule has 0 heterocycles. The Kier molecular flexibility index (Phi) is 28.2. The molecule has 0 aliphatic carbocycles. The van der Waals surface area contributed by atoms with Crippen LogP contribution in [-0.4, -0.2) is 66.3 Å². The van der Waals surface area contributed by atoms with Crippen LogP contribution in [0.3, 0.4) is 0 Å². The van der Waals surface area contributed by atoms with Gasteiger partial charge in [-0.3, -0.25) is 13.8 Å². The topological polar surface area (TPSA) is 132 Å². The Hall–Kier alpha value is -0.540. The molecule has 0 radical (unpaired) electrons. The molecule has 9 nitrogen and oxygen atoms in total. The van der Waals surface area contributed by atoms with Gasteiger partial charge in [0.25, 0.3) is 0 Å². The van der Waals surface area contributed by atoms with Crippen molar-refractivity contribution in [3.8, 4) is 0 Å². The predicted octanol–water partition coefficient (Wildman–Crippen LogP) is 7.24. The van der Waals surface area contributed by atoms with Crippen molar-refractivity contribution in [2.75, 3.05) is 33.0 Å². The number of phosphoric ester groups is 1. The van der Waals surface area contributed by atoms with Gasteiger partial charge in [0, 0.05) is 13.0 Å². The van der Waals surface area contributed by atoms with Crippen molar-refractivity contribution in [2.24, 2.45) is 0 Å². The van der Waals surface area contributed by atoms with Gasteiger partial charge in [-0.1, -0.05) is 123 Å². The Labute approximate surface area is 244 Å². The minimum atomic E-state index is -4.49. The number of hydrogen-bond donors (Lipinski definition) is 3. The lowest BCUT2D eigenvalue weighted by molar-refractivity contribution is -0.154. The second-order valence-electron chi connectivity index (χ2n) is 10.8. The fourth-order valence-electron chi connectivity index (χ4n) is 4.29. The largest absolute Gasteiger partial charge is 0.472 e. The van der Waals surface area contributed by atoms with E-state index in [1.807, 2.05) is 0 Å². The summed E-state index contributed by atoms with van der Waals surface area (Å²) in [7, 11) is -4.49. The molecule has 0 aromatic heterocycles. The van der Waals surface area contributed by atoms with Crippen LogP contribution >= 0.6 is 7.82 Å². The summed E-state index contributed by atoms with van der Waals surface area (Å²) in [6, 6.07) is 0. The Morgan fingerprint density at radius 1 is 0.675 bits per heavy atom. The molecule has 10 heteroatoms. The van der Waals surface area contributed by atoms with Crippen LogP contribution in [0.4, 0.5) is 0 Å². The first-order valence-electron chi connectivity index (χ1n) is 16.0. The highest BCUT2D eigenvalue weighted by molar-refractivity contribution is 7.47. The molecule has 3 atom stereocenters. The molecule has 240 valence electrons. The van der Waals surface area contributed by atoms with Gasteiger partial charge in [0.1, 0.15) is 12.2 Å². The van der Waals surface area contributed by atoms with Crippen LogP contribution in [0.15, 0.2) is 0 Å². The van der Waals surface area contributed by atoms with Crippen LogP contribution in [0.2, 0.25) is 0 Å². The highest BCUT2D eigenvalue weighted by atomic mass is 31.2. The molecule has 0 bridgehead atoms. The van der Waals surface area contributed by atoms with Crippen molar-refractivity contribution in [3.05, 3.63) is 0 Å². The van der Waals surface area contributed by atoms with Gasteiger partial charge in [0.15, 0.2) is 0 Å². The lowest BCUT2D eigenvalue weighted by atomic mass is 10.1. The van der Waals surface area contributed by atoms with Crippen molar-refractivity contribution < 1.29 is 43.0 Å². The maximum atomic E-state index is 12.4. The summed E-state index contributed by atoms with van der Waals surface area (Å²) in [5.41, 5.74) is 0. The molecule has 0 spiro atoms. The first-order valence-corrected chi connectivity index (χ1v) is 17.5. The van der Waals surface area contributed by atoms with Gasteiger partial charge in [-0.05, 0) is 12.8 Å². The van der Waals surface area contributed by atoms with Crippen LogP contribution in [0.25, 0.3) is 0 Å². The van der Waals surface area contributed by atoms with E-state index in [0.717, 1.165) is 32.1 Å². The van der Waals surface area contributed by atoms with Gasteiger partial charge in [-0.25, -0.2) is 4.57 Å². The Morgan fingerprint density at radius 3 is 1.62 bits per heavy atom. The summed E-state index contributed by atoms with van der Waals surface area (Å²) in [4.78, 5) is 22.2. The van der Waals surface area contributed by atoms with Gasteiger partial charge in [0.05, 0.1) is 26.4 Å². The summed E-state index contributed by atoms with van der Waals surface area (Å²) in [6.07, 6.45) is 20.7.